The van der Waals surface area contributed by atoms with Gasteiger partial charge in [0.1, 0.15) is 0 Å². The molecule has 0 aromatic heterocycles. The number of nitrogens with two attached hydrogens (primary N) is 1. The number of likely N-dealkylation sites (tertiary alicyclic amines) is 1. The maximum atomic E-state index is 12.6. The molecule has 0 bridgehead atoms. The number of rotatable bonds is 2. The third-order valence-corrected chi connectivity index (χ3v) is 5.01. The second-order valence-electron chi connectivity index (χ2n) is 6.32. The number of aryl methyl sites for hydroxylation is 1. The molecule has 1 aromatic rings. The fraction of sp³-hybridized carbons (Fsp3) is 0.588. The Kier molecular flexibility index (Phi) is 3.79. The summed E-state index contributed by atoms with van der Waals surface area (Å²) >= 11 is 0. The van der Waals surface area contributed by atoms with Crippen molar-refractivity contribution >= 4 is 5.91 Å². The molecule has 0 spiro atoms. The van der Waals surface area contributed by atoms with E-state index in [2.05, 4.69) is 31.2 Å². The lowest BCUT2D eigenvalue weighted by Crippen LogP contribution is -2.50. The number of nitrogens with zero attached hydrogens (tertiary/aromatic N) is 1. The van der Waals surface area contributed by atoms with Crippen LogP contribution in [0.4, 0.5) is 0 Å². The largest absolute Gasteiger partial charge is 0.339 e. The molecule has 3 nitrogen and oxygen atoms in total. The summed E-state index contributed by atoms with van der Waals surface area (Å²) < 4.78 is 0. The third-order valence-electron chi connectivity index (χ3n) is 5.01. The van der Waals surface area contributed by atoms with E-state index in [0.29, 0.717) is 12.0 Å². The first-order valence-electron chi connectivity index (χ1n) is 7.79. The molecule has 0 saturated carbocycles. The standard InChI is InChI=1S/C17H24N2O/c1-12-5-4-10-19(12)17(20)16(18)15-9-8-13-6-2-3-7-14(13)11-15/h2-3,6-7,12,15-16H,4-5,8-11,18H2,1H3/t12-,15?,16?/m1/s1. The maximum Gasteiger partial charge on any atom is 0.240 e. The second-order valence-corrected chi connectivity index (χ2v) is 6.32. The van der Waals surface area contributed by atoms with Crippen LogP contribution < -0.4 is 5.73 Å². The Labute approximate surface area is 121 Å². The quantitative estimate of drug-likeness (QED) is 0.896. The number of benzene rings is 1. The summed E-state index contributed by atoms with van der Waals surface area (Å²) in [6, 6.07) is 8.58. The normalized spacial score (nSPS) is 27.2. The first-order valence-corrected chi connectivity index (χ1v) is 7.79. The molecule has 1 aliphatic carbocycles. The van der Waals surface area contributed by atoms with E-state index < -0.39 is 0 Å². The average molecular weight is 272 g/mol. The second kappa shape index (κ2) is 5.57. The average Bonchev–Trinajstić information content (AvgIpc) is 2.91. The zero-order valence-corrected chi connectivity index (χ0v) is 12.2. The van der Waals surface area contributed by atoms with Gasteiger partial charge in [0.2, 0.25) is 5.91 Å². The van der Waals surface area contributed by atoms with Gasteiger partial charge in [-0.3, -0.25) is 4.79 Å². The number of hydrogen-bond donors (Lipinski definition) is 1. The lowest BCUT2D eigenvalue weighted by Gasteiger charge is -2.32. The van der Waals surface area contributed by atoms with Gasteiger partial charge in [-0.25, -0.2) is 0 Å². The highest BCUT2D eigenvalue weighted by atomic mass is 16.2. The van der Waals surface area contributed by atoms with Crippen LogP contribution in [0.3, 0.4) is 0 Å². The van der Waals surface area contributed by atoms with Crippen LogP contribution in [0.2, 0.25) is 0 Å². The van der Waals surface area contributed by atoms with Gasteiger partial charge in [-0.2, -0.15) is 0 Å². The van der Waals surface area contributed by atoms with Gasteiger partial charge < -0.3 is 10.6 Å². The lowest BCUT2D eigenvalue weighted by atomic mass is 9.80. The van der Waals surface area contributed by atoms with Crippen molar-refractivity contribution in [1.82, 2.24) is 4.90 Å². The van der Waals surface area contributed by atoms with Crippen molar-refractivity contribution in [3.05, 3.63) is 35.4 Å². The first-order chi connectivity index (χ1) is 9.66. The Morgan fingerprint density at radius 1 is 1.30 bits per heavy atom. The van der Waals surface area contributed by atoms with E-state index in [4.69, 9.17) is 5.73 Å². The smallest absolute Gasteiger partial charge is 0.240 e. The molecular formula is C17H24N2O. The highest BCUT2D eigenvalue weighted by molar-refractivity contribution is 5.82. The predicted octanol–water partition coefficient (Wildman–Crippen LogP) is 2.13. The molecule has 1 heterocycles. The van der Waals surface area contributed by atoms with Crippen LogP contribution in [0.1, 0.15) is 37.3 Å². The summed E-state index contributed by atoms with van der Waals surface area (Å²) in [6.07, 6.45) is 5.27. The molecule has 3 rings (SSSR count). The summed E-state index contributed by atoms with van der Waals surface area (Å²) in [7, 11) is 0. The van der Waals surface area contributed by atoms with Crippen LogP contribution in [0.5, 0.6) is 0 Å². The summed E-state index contributed by atoms with van der Waals surface area (Å²) in [5.41, 5.74) is 9.10. The Balaban J connectivity index is 1.69. The predicted molar refractivity (Wildman–Crippen MR) is 80.3 cm³/mol. The maximum absolute atomic E-state index is 12.6. The van der Waals surface area contributed by atoms with Gasteiger partial charge >= 0.3 is 0 Å². The van der Waals surface area contributed by atoms with Crippen LogP contribution in [0, 0.1) is 5.92 Å². The monoisotopic (exact) mass is 272 g/mol. The molecule has 3 atom stereocenters. The van der Waals surface area contributed by atoms with Crippen molar-refractivity contribution in [1.29, 1.82) is 0 Å². The van der Waals surface area contributed by atoms with Crippen molar-refractivity contribution < 1.29 is 4.79 Å². The molecule has 1 aromatic carbocycles. The minimum atomic E-state index is -0.330. The molecule has 1 saturated heterocycles. The molecule has 1 aliphatic heterocycles. The minimum Gasteiger partial charge on any atom is -0.339 e. The van der Waals surface area contributed by atoms with E-state index in [1.54, 1.807) is 0 Å². The van der Waals surface area contributed by atoms with E-state index >= 15 is 0 Å². The highest BCUT2D eigenvalue weighted by Crippen LogP contribution is 2.28. The van der Waals surface area contributed by atoms with Gasteiger partial charge in [0.25, 0.3) is 0 Å². The Hall–Kier alpha value is -1.35. The van der Waals surface area contributed by atoms with Crippen LogP contribution in [-0.4, -0.2) is 29.4 Å². The first kappa shape index (κ1) is 13.6. The Morgan fingerprint density at radius 3 is 2.75 bits per heavy atom. The zero-order chi connectivity index (χ0) is 14.1. The van der Waals surface area contributed by atoms with Crippen molar-refractivity contribution in [2.45, 2.75) is 51.1 Å². The SMILES string of the molecule is C[C@@H]1CCCN1C(=O)C(N)C1CCc2ccccc2C1. The summed E-state index contributed by atoms with van der Waals surface area (Å²) in [6.45, 7) is 3.02. The molecule has 3 heteroatoms. The van der Waals surface area contributed by atoms with Gasteiger partial charge in [-0.15, -0.1) is 0 Å². The number of amides is 1. The van der Waals surface area contributed by atoms with E-state index in [1.165, 1.54) is 11.1 Å². The fourth-order valence-electron chi connectivity index (χ4n) is 3.69. The molecule has 2 aliphatic rings. The number of carbonyl (C=O) groups excluding carboxylic acids is 1. The molecular weight excluding hydrogens is 248 g/mol. The number of hydrogen-bond acceptors (Lipinski definition) is 2. The Bertz CT molecular complexity index is 500. The molecule has 108 valence electrons. The number of fused-ring (bicyclic) bond motifs is 1. The van der Waals surface area contributed by atoms with Crippen molar-refractivity contribution in [2.75, 3.05) is 6.54 Å². The van der Waals surface area contributed by atoms with Crippen molar-refractivity contribution in [3.8, 4) is 0 Å². The fourth-order valence-corrected chi connectivity index (χ4v) is 3.69. The third kappa shape index (κ3) is 2.47. The minimum absolute atomic E-state index is 0.166. The van der Waals surface area contributed by atoms with Crippen LogP contribution in [0.25, 0.3) is 0 Å². The molecule has 0 radical (unpaired) electrons. The van der Waals surface area contributed by atoms with E-state index in [1.807, 2.05) is 4.90 Å². The highest BCUT2D eigenvalue weighted by Gasteiger charge is 2.34. The molecule has 2 unspecified atom stereocenters. The van der Waals surface area contributed by atoms with Crippen LogP contribution in [0.15, 0.2) is 24.3 Å². The van der Waals surface area contributed by atoms with E-state index in [-0.39, 0.29) is 11.9 Å². The summed E-state index contributed by atoms with van der Waals surface area (Å²) in [5, 5.41) is 0. The van der Waals surface area contributed by atoms with E-state index in [0.717, 1.165) is 38.6 Å². The van der Waals surface area contributed by atoms with Gasteiger partial charge in [0, 0.05) is 12.6 Å². The van der Waals surface area contributed by atoms with Crippen LogP contribution in [-0.2, 0) is 17.6 Å². The zero-order valence-electron chi connectivity index (χ0n) is 12.2. The molecule has 2 N–H and O–H groups in total. The molecule has 1 amide bonds. The summed E-state index contributed by atoms with van der Waals surface area (Å²) in [5.74, 6) is 0.463. The van der Waals surface area contributed by atoms with Gasteiger partial charge in [-0.1, -0.05) is 24.3 Å². The molecule has 20 heavy (non-hydrogen) atoms. The topological polar surface area (TPSA) is 46.3 Å². The number of carbonyl (C=O) groups is 1. The van der Waals surface area contributed by atoms with Crippen LogP contribution >= 0.6 is 0 Å². The van der Waals surface area contributed by atoms with Crippen molar-refractivity contribution in [2.24, 2.45) is 11.7 Å². The van der Waals surface area contributed by atoms with Gasteiger partial charge in [0.05, 0.1) is 6.04 Å². The Morgan fingerprint density at radius 2 is 2.05 bits per heavy atom. The van der Waals surface area contributed by atoms with Gasteiger partial charge in [0.15, 0.2) is 0 Å². The summed E-state index contributed by atoms with van der Waals surface area (Å²) in [4.78, 5) is 14.6. The van der Waals surface area contributed by atoms with Gasteiger partial charge in [-0.05, 0) is 56.1 Å². The lowest BCUT2D eigenvalue weighted by molar-refractivity contribution is -0.134. The molecule has 1 fully saturated rings. The van der Waals surface area contributed by atoms with Crippen molar-refractivity contribution in [3.63, 3.8) is 0 Å². The van der Waals surface area contributed by atoms with E-state index in [9.17, 15) is 4.79 Å².